The average Bonchev–Trinajstić information content (AvgIpc) is 2.55. The second kappa shape index (κ2) is 8.16. The van der Waals surface area contributed by atoms with Crippen LogP contribution < -0.4 is 5.30 Å². The number of rotatable bonds is 6. The van der Waals surface area contributed by atoms with E-state index in [9.17, 15) is 9.36 Å². The Morgan fingerprint density at radius 2 is 2.00 bits per heavy atom. The highest BCUT2D eigenvalue weighted by atomic mass is 31.2. The Bertz CT molecular complexity index is 609. The van der Waals surface area contributed by atoms with Gasteiger partial charge in [-0.1, -0.05) is 64.1 Å². The lowest BCUT2D eigenvalue weighted by Crippen LogP contribution is -2.36. The van der Waals surface area contributed by atoms with Crippen molar-refractivity contribution in [1.82, 2.24) is 0 Å². The highest BCUT2D eigenvalue weighted by Gasteiger charge is 2.35. The van der Waals surface area contributed by atoms with Crippen LogP contribution in [0.2, 0.25) is 0 Å². The minimum absolute atomic E-state index is 0.0599. The zero-order valence-corrected chi connectivity index (χ0v) is 15.9. The summed E-state index contributed by atoms with van der Waals surface area (Å²) in [6, 6.07) is 9.10. The number of benzene rings is 1. The first-order valence-corrected chi connectivity index (χ1v) is 10.8. The second-order valence-corrected chi connectivity index (χ2v) is 10.1. The van der Waals surface area contributed by atoms with Crippen LogP contribution >= 0.6 is 7.14 Å². The van der Waals surface area contributed by atoms with Crippen molar-refractivity contribution in [3.05, 3.63) is 42.7 Å². The van der Waals surface area contributed by atoms with E-state index in [2.05, 4.69) is 27.4 Å². The Morgan fingerprint density at radius 3 is 2.58 bits per heavy atom. The summed E-state index contributed by atoms with van der Waals surface area (Å²) in [6.45, 7) is 10.3. The van der Waals surface area contributed by atoms with Crippen LogP contribution in [0.15, 0.2) is 42.7 Å². The first-order valence-electron chi connectivity index (χ1n) is 8.83. The monoisotopic (exact) mass is 348 g/mol. The third-order valence-corrected chi connectivity index (χ3v) is 7.59. The lowest BCUT2D eigenvalue weighted by Gasteiger charge is -2.36. The number of hydrogen-bond acceptors (Lipinski definition) is 3. The standard InChI is InChI=1S/C20H29O3P/c1-5-24(22,17-9-7-6-8-10-17)14-20(21)23-19-13-16(4)11-12-18(19)15(2)3/h5-10,15-16,18-19H,1,11-14H2,2-4H3/t16-,18+,19-,24-/m1/s1. The van der Waals surface area contributed by atoms with E-state index in [1.54, 1.807) is 12.1 Å². The van der Waals surface area contributed by atoms with Gasteiger partial charge in [-0.15, -0.1) is 0 Å². The molecule has 1 aromatic carbocycles. The number of carbonyl (C=O) groups is 1. The number of hydrogen-bond donors (Lipinski definition) is 0. The van der Waals surface area contributed by atoms with Crippen molar-refractivity contribution in [1.29, 1.82) is 0 Å². The van der Waals surface area contributed by atoms with E-state index in [0.29, 0.717) is 23.1 Å². The molecule has 4 atom stereocenters. The van der Waals surface area contributed by atoms with Gasteiger partial charge in [0.05, 0.1) is 0 Å². The molecule has 2 rings (SSSR count). The summed E-state index contributed by atoms with van der Waals surface area (Å²) in [5.74, 6) is 2.50. The van der Waals surface area contributed by atoms with Crippen LogP contribution in [0.25, 0.3) is 0 Å². The summed E-state index contributed by atoms with van der Waals surface area (Å²) in [6.07, 6.45) is 3.02. The van der Waals surface area contributed by atoms with Gasteiger partial charge in [-0.25, -0.2) is 0 Å². The molecular formula is C20H29O3P. The molecule has 0 amide bonds. The zero-order chi connectivity index (χ0) is 17.7. The van der Waals surface area contributed by atoms with Crippen LogP contribution in [0.1, 0.15) is 40.0 Å². The van der Waals surface area contributed by atoms with E-state index in [4.69, 9.17) is 4.74 Å². The third kappa shape index (κ3) is 4.60. The van der Waals surface area contributed by atoms with Gasteiger partial charge >= 0.3 is 5.97 Å². The summed E-state index contributed by atoms with van der Waals surface area (Å²) in [5.41, 5.74) is 0. The predicted molar refractivity (Wildman–Crippen MR) is 100.0 cm³/mol. The fourth-order valence-corrected chi connectivity index (χ4v) is 5.25. The average molecular weight is 348 g/mol. The molecule has 1 aliphatic carbocycles. The summed E-state index contributed by atoms with van der Waals surface area (Å²) in [4.78, 5) is 12.5. The summed E-state index contributed by atoms with van der Waals surface area (Å²) in [7, 11) is -2.95. The number of carbonyl (C=O) groups excluding carboxylic acids is 1. The molecule has 0 heterocycles. The van der Waals surface area contributed by atoms with Crippen molar-refractivity contribution in [3.63, 3.8) is 0 Å². The molecule has 1 aromatic rings. The minimum atomic E-state index is -2.95. The van der Waals surface area contributed by atoms with E-state index in [-0.39, 0.29) is 18.2 Å². The maximum absolute atomic E-state index is 13.1. The van der Waals surface area contributed by atoms with Gasteiger partial charge in [-0.2, -0.15) is 0 Å². The molecule has 0 spiro atoms. The molecule has 4 heteroatoms. The van der Waals surface area contributed by atoms with Gasteiger partial charge in [0.2, 0.25) is 0 Å². The predicted octanol–water partition coefficient (Wildman–Crippen LogP) is 4.82. The van der Waals surface area contributed by atoms with Crippen LogP contribution in [-0.4, -0.2) is 18.2 Å². The highest BCUT2D eigenvalue weighted by Crippen LogP contribution is 2.46. The van der Waals surface area contributed by atoms with E-state index >= 15 is 0 Å². The summed E-state index contributed by atoms with van der Waals surface area (Å²) in [5, 5.41) is 0.661. The third-order valence-electron chi connectivity index (χ3n) is 5.10. The van der Waals surface area contributed by atoms with Crippen molar-refractivity contribution in [2.45, 2.75) is 46.1 Å². The SMILES string of the molecule is C=C[P@@](=O)(CC(=O)O[C@@H]1C[C@H](C)CC[C@H]1C(C)C)c1ccccc1. The maximum Gasteiger partial charge on any atom is 0.314 e. The van der Waals surface area contributed by atoms with Crippen LogP contribution in [0.5, 0.6) is 0 Å². The van der Waals surface area contributed by atoms with E-state index in [1.807, 2.05) is 18.2 Å². The van der Waals surface area contributed by atoms with Gasteiger partial charge < -0.3 is 9.30 Å². The zero-order valence-electron chi connectivity index (χ0n) is 15.0. The fraction of sp³-hybridized carbons (Fsp3) is 0.550. The molecule has 24 heavy (non-hydrogen) atoms. The quantitative estimate of drug-likeness (QED) is 0.547. The van der Waals surface area contributed by atoms with Gasteiger partial charge in [0.15, 0.2) is 0 Å². The van der Waals surface area contributed by atoms with Crippen molar-refractivity contribution >= 4 is 18.4 Å². The molecule has 1 saturated carbocycles. The molecular weight excluding hydrogens is 319 g/mol. The Balaban J connectivity index is 2.08. The molecule has 1 fully saturated rings. The highest BCUT2D eigenvalue weighted by molar-refractivity contribution is 7.75. The number of ether oxygens (including phenoxy) is 1. The Labute approximate surface area is 145 Å². The van der Waals surface area contributed by atoms with Crippen LogP contribution in [0, 0.1) is 17.8 Å². The molecule has 1 aliphatic rings. The molecule has 0 N–H and O–H groups in total. The van der Waals surface area contributed by atoms with Crippen LogP contribution in [-0.2, 0) is 14.1 Å². The summed E-state index contributed by atoms with van der Waals surface area (Å²) >= 11 is 0. The first-order chi connectivity index (χ1) is 11.4. The van der Waals surface area contributed by atoms with Crippen LogP contribution in [0.4, 0.5) is 0 Å². The van der Waals surface area contributed by atoms with Crippen molar-refractivity contribution in [2.75, 3.05) is 6.16 Å². The van der Waals surface area contributed by atoms with Gasteiger partial charge in [0.25, 0.3) is 0 Å². The van der Waals surface area contributed by atoms with Gasteiger partial charge in [0, 0.05) is 5.30 Å². The fourth-order valence-electron chi connectivity index (χ4n) is 3.59. The van der Waals surface area contributed by atoms with E-state index in [0.717, 1.165) is 12.8 Å². The number of esters is 1. The van der Waals surface area contributed by atoms with Gasteiger partial charge in [0.1, 0.15) is 19.4 Å². The molecule has 0 aromatic heterocycles. The van der Waals surface area contributed by atoms with Crippen LogP contribution in [0.3, 0.4) is 0 Å². The lowest BCUT2D eigenvalue weighted by atomic mass is 9.75. The van der Waals surface area contributed by atoms with E-state index < -0.39 is 7.14 Å². The maximum atomic E-state index is 13.1. The normalized spacial score (nSPS) is 26.6. The Hall–Kier alpha value is -1.34. The molecule has 0 aliphatic heterocycles. The smallest absolute Gasteiger partial charge is 0.314 e. The molecule has 0 saturated heterocycles. The van der Waals surface area contributed by atoms with Gasteiger partial charge in [-0.3, -0.25) is 4.79 Å². The molecule has 0 bridgehead atoms. The molecule has 0 unspecified atom stereocenters. The topological polar surface area (TPSA) is 43.4 Å². The van der Waals surface area contributed by atoms with Crippen molar-refractivity contribution in [2.24, 2.45) is 17.8 Å². The van der Waals surface area contributed by atoms with Crippen molar-refractivity contribution in [3.8, 4) is 0 Å². The lowest BCUT2D eigenvalue weighted by molar-refractivity contribution is -0.152. The van der Waals surface area contributed by atoms with Crippen molar-refractivity contribution < 1.29 is 14.1 Å². The second-order valence-electron chi connectivity index (χ2n) is 7.33. The molecule has 0 radical (unpaired) electrons. The van der Waals surface area contributed by atoms with E-state index in [1.165, 1.54) is 12.2 Å². The summed E-state index contributed by atoms with van der Waals surface area (Å²) < 4.78 is 18.9. The Kier molecular flexibility index (Phi) is 6.46. The first kappa shape index (κ1) is 19.0. The minimum Gasteiger partial charge on any atom is -0.462 e. The Morgan fingerprint density at radius 1 is 1.33 bits per heavy atom. The molecule has 3 nitrogen and oxygen atoms in total. The molecule has 132 valence electrons. The largest absolute Gasteiger partial charge is 0.462 e. The van der Waals surface area contributed by atoms with Gasteiger partial charge in [-0.05, 0) is 36.4 Å².